The molecule has 0 aliphatic heterocycles. The Balaban J connectivity index is 1.75. The summed E-state index contributed by atoms with van der Waals surface area (Å²) < 4.78 is 1.07. The fourth-order valence-electron chi connectivity index (χ4n) is 2.82. The third-order valence-electron chi connectivity index (χ3n) is 3.82. The molecule has 0 spiro atoms. The molecule has 0 fully saturated rings. The van der Waals surface area contributed by atoms with Crippen molar-refractivity contribution in [2.45, 2.75) is 31.3 Å². The van der Waals surface area contributed by atoms with Crippen molar-refractivity contribution in [2.75, 3.05) is 0 Å². The largest absolute Gasteiger partial charge is 0.392 e. The second kappa shape index (κ2) is 5.43. The molecule has 2 nitrogen and oxygen atoms in total. The predicted octanol–water partition coefficient (Wildman–Crippen LogP) is 3.48. The van der Waals surface area contributed by atoms with Crippen molar-refractivity contribution in [1.82, 2.24) is 4.98 Å². The van der Waals surface area contributed by atoms with E-state index in [0.29, 0.717) is 6.42 Å². The summed E-state index contributed by atoms with van der Waals surface area (Å²) in [4.78, 5) is 4.45. The lowest BCUT2D eigenvalue weighted by Gasteiger charge is -2.18. The molecule has 0 saturated carbocycles. The topological polar surface area (TPSA) is 33.1 Å². The van der Waals surface area contributed by atoms with Crippen molar-refractivity contribution in [3.05, 3.63) is 63.9 Å². The lowest BCUT2D eigenvalue weighted by molar-refractivity contribution is 0.141. The first-order valence-electron chi connectivity index (χ1n) is 6.60. The highest BCUT2D eigenvalue weighted by Crippen LogP contribution is 2.34. The Kier molecular flexibility index (Phi) is 3.67. The number of hydrogen-bond donors (Lipinski definition) is 1. The van der Waals surface area contributed by atoms with Crippen LogP contribution in [-0.2, 0) is 12.8 Å². The highest BCUT2D eigenvalue weighted by atomic mass is 79.9. The van der Waals surface area contributed by atoms with Crippen molar-refractivity contribution < 1.29 is 5.11 Å². The van der Waals surface area contributed by atoms with Gasteiger partial charge in [0.05, 0.1) is 6.10 Å². The molecule has 1 aliphatic carbocycles. The zero-order valence-electron chi connectivity index (χ0n) is 10.6. The summed E-state index contributed by atoms with van der Waals surface area (Å²) in [5.74, 6) is 0.180. The highest BCUT2D eigenvalue weighted by Gasteiger charge is 2.29. The van der Waals surface area contributed by atoms with Gasteiger partial charge in [-0.2, -0.15) is 0 Å². The molecule has 1 aromatic carbocycles. The van der Waals surface area contributed by atoms with Crippen LogP contribution in [0.1, 0.15) is 29.2 Å². The summed E-state index contributed by atoms with van der Waals surface area (Å²) in [5, 5.41) is 10.5. The molecule has 0 amide bonds. The number of rotatable bonds is 3. The molecule has 3 rings (SSSR count). The van der Waals surface area contributed by atoms with Crippen LogP contribution in [0, 0.1) is 0 Å². The van der Waals surface area contributed by atoms with E-state index in [2.05, 4.69) is 39.1 Å². The Morgan fingerprint density at radius 2 is 2.05 bits per heavy atom. The molecule has 0 radical (unpaired) electrons. The number of halogens is 1. The summed E-state index contributed by atoms with van der Waals surface area (Å²) in [7, 11) is 0. The Morgan fingerprint density at radius 1 is 1.26 bits per heavy atom. The third kappa shape index (κ3) is 2.72. The highest BCUT2D eigenvalue weighted by molar-refractivity contribution is 9.10. The van der Waals surface area contributed by atoms with Crippen LogP contribution in [0.25, 0.3) is 0 Å². The van der Waals surface area contributed by atoms with E-state index >= 15 is 0 Å². The SMILES string of the molecule is OC(Cc1ccc(Br)cc1)C1CCc2cccnc21. The standard InChI is InChI=1S/C16H16BrNO/c17-13-6-3-11(4-7-13)10-15(19)14-8-5-12-2-1-9-18-16(12)14/h1-4,6-7,9,14-15,19H,5,8,10H2. The minimum absolute atomic E-state index is 0.180. The van der Waals surface area contributed by atoms with Gasteiger partial charge in [-0.15, -0.1) is 0 Å². The van der Waals surface area contributed by atoms with Crippen LogP contribution in [0.4, 0.5) is 0 Å². The number of hydrogen-bond acceptors (Lipinski definition) is 2. The summed E-state index contributed by atoms with van der Waals surface area (Å²) in [6.45, 7) is 0. The number of aliphatic hydroxyl groups excluding tert-OH is 1. The van der Waals surface area contributed by atoms with Gasteiger partial charge in [0.2, 0.25) is 0 Å². The van der Waals surface area contributed by atoms with Gasteiger partial charge in [-0.3, -0.25) is 4.98 Å². The van der Waals surface area contributed by atoms with Gasteiger partial charge in [-0.25, -0.2) is 0 Å². The molecule has 1 N–H and O–H groups in total. The Morgan fingerprint density at radius 3 is 2.84 bits per heavy atom. The molecule has 98 valence electrons. The van der Waals surface area contributed by atoms with Crippen molar-refractivity contribution in [3.63, 3.8) is 0 Å². The molecular weight excluding hydrogens is 302 g/mol. The normalized spacial score (nSPS) is 19.2. The Hall–Kier alpha value is -1.19. The summed E-state index contributed by atoms with van der Waals surface area (Å²) in [5.41, 5.74) is 3.55. The van der Waals surface area contributed by atoms with Crippen LogP contribution in [0.3, 0.4) is 0 Å². The molecule has 1 aromatic heterocycles. The maximum Gasteiger partial charge on any atom is 0.0664 e. The van der Waals surface area contributed by atoms with E-state index in [1.807, 2.05) is 24.4 Å². The molecule has 19 heavy (non-hydrogen) atoms. The monoisotopic (exact) mass is 317 g/mol. The molecule has 3 heteroatoms. The lowest BCUT2D eigenvalue weighted by Crippen LogP contribution is -2.20. The zero-order valence-corrected chi connectivity index (χ0v) is 12.2. The van der Waals surface area contributed by atoms with Crippen molar-refractivity contribution in [3.8, 4) is 0 Å². The number of benzene rings is 1. The summed E-state index contributed by atoms with van der Waals surface area (Å²) in [6, 6.07) is 12.2. The van der Waals surface area contributed by atoms with Crippen molar-refractivity contribution in [2.24, 2.45) is 0 Å². The van der Waals surface area contributed by atoms with Crippen LogP contribution < -0.4 is 0 Å². The maximum absolute atomic E-state index is 10.5. The van der Waals surface area contributed by atoms with E-state index in [-0.39, 0.29) is 12.0 Å². The molecule has 0 bridgehead atoms. The average molecular weight is 318 g/mol. The van der Waals surface area contributed by atoms with E-state index in [9.17, 15) is 5.11 Å². The van der Waals surface area contributed by atoms with Gasteiger partial charge in [-0.1, -0.05) is 34.1 Å². The van der Waals surface area contributed by atoms with E-state index in [1.54, 1.807) is 0 Å². The number of aryl methyl sites for hydroxylation is 1. The fraction of sp³-hybridized carbons (Fsp3) is 0.312. The first kappa shape index (κ1) is 12.8. The minimum Gasteiger partial charge on any atom is -0.392 e. The summed E-state index contributed by atoms with van der Waals surface area (Å²) in [6.07, 6.45) is 4.20. The molecule has 2 unspecified atom stereocenters. The summed E-state index contributed by atoms with van der Waals surface area (Å²) >= 11 is 3.43. The first-order valence-corrected chi connectivity index (χ1v) is 7.39. The van der Waals surface area contributed by atoms with Crippen LogP contribution >= 0.6 is 15.9 Å². The van der Waals surface area contributed by atoms with Gasteiger partial charge in [-0.05, 0) is 48.6 Å². The number of nitrogens with zero attached hydrogens (tertiary/aromatic N) is 1. The van der Waals surface area contributed by atoms with Crippen LogP contribution in [0.15, 0.2) is 47.1 Å². The maximum atomic E-state index is 10.5. The third-order valence-corrected chi connectivity index (χ3v) is 4.35. The molecular formula is C16H16BrNO. The van der Waals surface area contributed by atoms with Crippen molar-refractivity contribution >= 4 is 15.9 Å². The van der Waals surface area contributed by atoms with Gasteiger partial charge in [0.25, 0.3) is 0 Å². The second-order valence-corrected chi connectivity index (χ2v) is 6.01. The minimum atomic E-state index is -0.350. The molecule has 0 saturated heterocycles. The zero-order chi connectivity index (χ0) is 13.2. The van der Waals surface area contributed by atoms with Gasteiger partial charge < -0.3 is 5.11 Å². The van der Waals surface area contributed by atoms with Crippen LogP contribution in [-0.4, -0.2) is 16.2 Å². The van der Waals surface area contributed by atoms with Gasteiger partial charge >= 0.3 is 0 Å². The van der Waals surface area contributed by atoms with E-state index in [4.69, 9.17) is 0 Å². The van der Waals surface area contributed by atoms with E-state index in [1.165, 1.54) is 11.1 Å². The lowest BCUT2D eigenvalue weighted by atomic mass is 9.94. The second-order valence-electron chi connectivity index (χ2n) is 5.09. The Labute approximate surface area is 121 Å². The van der Waals surface area contributed by atoms with E-state index < -0.39 is 0 Å². The molecule has 2 atom stereocenters. The quantitative estimate of drug-likeness (QED) is 0.940. The predicted molar refractivity (Wildman–Crippen MR) is 79.2 cm³/mol. The fourth-order valence-corrected chi connectivity index (χ4v) is 3.09. The van der Waals surface area contributed by atoms with Crippen LogP contribution in [0.2, 0.25) is 0 Å². The van der Waals surface area contributed by atoms with Crippen molar-refractivity contribution in [1.29, 1.82) is 0 Å². The van der Waals surface area contributed by atoms with Gasteiger partial charge in [0.1, 0.15) is 0 Å². The Bertz CT molecular complexity index is 567. The number of fused-ring (bicyclic) bond motifs is 1. The molecule has 1 heterocycles. The average Bonchev–Trinajstić information content (AvgIpc) is 2.85. The van der Waals surface area contributed by atoms with Gasteiger partial charge in [0, 0.05) is 22.3 Å². The first-order chi connectivity index (χ1) is 9.24. The smallest absolute Gasteiger partial charge is 0.0664 e. The molecule has 2 aromatic rings. The van der Waals surface area contributed by atoms with E-state index in [0.717, 1.165) is 23.0 Å². The number of aliphatic hydroxyl groups is 1. The number of pyridine rings is 1. The van der Waals surface area contributed by atoms with Gasteiger partial charge in [0.15, 0.2) is 0 Å². The molecule has 1 aliphatic rings. The number of aromatic nitrogens is 1. The van der Waals surface area contributed by atoms with Crippen LogP contribution in [0.5, 0.6) is 0 Å².